The summed E-state index contributed by atoms with van der Waals surface area (Å²) in [7, 11) is 0. The smallest absolute Gasteiger partial charge is 0.234 e. The maximum Gasteiger partial charge on any atom is 0.234 e. The first-order valence-electron chi connectivity index (χ1n) is 9.84. The summed E-state index contributed by atoms with van der Waals surface area (Å²) in [6, 6.07) is 10.7. The molecular formula is C21H28N2O2. The van der Waals surface area contributed by atoms with Gasteiger partial charge in [0.2, 0.25) is 11.8 Å². The SMILES string of the molecule is O=C1[C@@H]2CCCC[C@H]2C(=O)N1CN1CCC(Cc2ccccc2)CC1. The largest absolute Gasteiger partial charge is 0.286 e. The Bertz CT molecular complexity index is 598. The molecule has 25 heavy (non-hydrogen) atoms. The molecule has 1 aromatic carbocycles. The van der Waals surface area contributed by atoms with Crippen LogP contribution in [0, 0.1) is 17.8 Å². The van der Waals surface area contributed by atoms with Crippen LogP contribution in [0.2, 0.25) is 0 Å². The lowest BCUT2D eigenvalue weighted by Gasteiger charge is -2.34. The van der Waals surface area contributed by atoms with Gasteiger partial charge in [-0.15, -0.1) is 0 Å². The van der Waals surface area contributed by atoms with Crippen LogP contribution in [0.4, 0.5) is 0 Å². The Morgan fingerprint density at radius 3 is 2.04 bits per heavy atom. The summed E-state index contributed by atoms with van der Waals surface area (Å²) < 4.78 is 0. The number of piperidine rings is 1. The zero-order valence-electron chi connectivity index (χ0n) is 14.9. The van der Waals surface area contributed by atoms with Crippen molar-refractivity contribution in [3.05, 3.63) is 35.9 Å². The van der Waals surface area contributed by atoms with Gasteiger partial charge in [0.05, 0.1) is 18.5 Å². The van der Waals surface area contributed by atoms with Crippen molar-refractivity contribution >= 4 is 11.8 Å². The lowest BCUT2D eigenvalue weighted by atomic mass is 9.81. The van der Waals surface area contributed by atoms with Crippen LogP contribution >= 0.6 is 0 Å². The van der Waals surface area contributed by atoms with Crippen molar-refractivity contribution in [3.63, 3.8) is 0 Å². The van der Waals surface area contributed by atoms with Gasteiger partial charge in [-0.05, 0) is 43.6 Å². The summed E-state index contributed by atoms with van der Waals surface area (Å²) in [5.41, 5.74) is 1.41. The van der Waals surface area contributed by atoms with Gasteiger partial charge in [-0.3, -0.25) is 19.4 Å². The van der Waals surface area contributed by atoms with Crippen molar-refractivity contribution in [3.8, 4) is 0 Å². The number of nitrogens with zero attached hydrogens (tertiary/aromatic N) is 2. The highest BCUT2D eigenvalue weighted by molar-refractivity contribution is 6.05. The second-order valence-electron chi connectivity index (χ2n) is 7.99. The minimum absolute atomic E-state index is 0.0168. The molecule has 2 saturated heterocycles. The van der Waals surface area contributed by atoms with Gasteiger partial charge >= 0.3 is 0 Å². The van der Waals surface area contributed by atoms with E-state index < -0.39 is 0 Å². The fourth-order valence-electron chi connectivity index (χ4n) is 4.85. The molecule has 0 bridgehead atoms. The zero-order chi connectivity index (χ0) is 17.2. The van der Waals surface area contributed by atoms with Crippen molar-refractivity contribution in [1.29, 1.82) is 0 Å². The molecule has 134 valence electrons. The van der Waals surface area contributed by atoms with Crippen LogP contribution in [0.15, 0.2) is 30.3 Å². The summed E-state index contributed by atoms with van der Waals surface area (Å²) in [4.78, 5) is 29.1. The fraction of sp³-hybridized carbons (Fsp3) is 0.619. The van der Waals surface area contributed by atoms with Crippen LogP contribution in [-0.4, -0.2) is 41.4 Å². The molecular weight excluding hydrogens is 312 g/mol. The van der Waals surface area contributed by atoms with Crippen LogP contribution < -0.4 is 0 Å². The van der Waals surface area contributed by atoms with E-state index in [0.717, 1.165) is 58.0 Å². The Balaban J connectivity index is 1.30. The minimum atomic E-state index is -0.0168. The van der Waals surface area contributed by atoms with E-state index in [1.807, 2.05) is 0 Å². The summed E-state index contributed by atoms with van der Waals surface area (Å²) >= 11 is 0. The normalized spacial score (nSPS) is 28.4. The molecule has 1 saturated carbocycles. The molecule has 2 heterocycles. The molecule has 0 spiro atoms. The van der Waals surface area contributed by atoms with Gasteiger partial charge in [0, 0.05) is 13.1 Å². The van der Waals surface area contributed by atoms with E-state index >= 15 is 0 Å². The number of rotatable bonds is 4. The molecule has 1 aromatic rings. The van der Waals surface area contributed by atoms with Crippen molar-refractivity contribution in [1.82, 2.24) is 9.80 Å². The number of carbonyl (C=O) groups is 2. The van der Waals surface area contributed by atoms with Crippen molar-refractivity contribution < 1.29 is 9.59 Å². The number of amides is 2. The van der Waals surface area contributed by atoms with Crippen LogP contribution in [0.25, 0.3) is 0 Å². The van der Waals surface area contributed by atoms with E-state index in [1.165, 1.54) is 5.56 Å². The van der Waals surface area contributed by atoms with Gasteiger partial charge in [0.25, 0.3) is 0 Å². The Kier molecular flexibility index (Phi) is 4.89. The predicted molar refractivity (Wildman–Crippen MR) is 96.6 cm³/mol. The first-order chi connectivity index (χ1) is 12.2. The van der Waals surface area contributed by atoms with E-state index in [4.69, 9.17) is 0 Å². The van der Waals surface area contributed by atoms with E-state index in [-0.39, 0.29) is 23.7 Å². The summed E-state index contributed by atoms with van der Waals surface area (Å²) in [5, 5.41) is 0. The first kappa shape index (κ1) is 16.8. The minimum Gasteiger partial charge on any atom is -0.286 e. The lowest BCUT2D eigenvalue weighted by molar-refractivity contribution is -0.142. The molecule has 2 atom stereocenters. The molecule has 4 rings (SSSR count). The predicted octanol–water partition coefficient (Wildman–Crippen LogP) is 3.07. The van der Waals surface area contributed by atoms with Gasteiger partial charge in [-0.1, -0.05) is 43.2 Å². The maximum absolute atomic E-state index is 12.6. The van der Waals surface area contributed by atoms with Gasteiger partial charge < -0.3 is 0 Å². The van der Waals surface area contributed by atoms with E-state index in [1.54, 1.807) is 4.90 Å². The molecule has 4 heteroatoms. The topological polar surface area (TPSA) is 40.6 Å². The van der Waals surface area contributed by atoms with Crippen LogP contribution in [0.1, 0.15) is 44.1 Å². The number of imide groups is 1. The van der Waals surface area contributed by atoms with E-state index in [2.05, 4.69) is 35.2 Å². The van der Waals surface area contributed by atoms with Crippen LogP contribution in [-0.2, 0) is 16.0 Å². The number of hydrogen-bond acceptors (Lipinski definition) is 3. The van der Waals surface area contributed by atoms with Gasteiger partial charge in [0.15, 0.2) is 0 Å². The lowest BCUT2D eigenvalue weighted by Crippen LogP contribution is -2.45. The highest BCUT2D eigenvalue weighted by Crippen LogP contribution is 2.38. The van der Waals surface area contributed by atoms with Crippen LogP contribution in [0.3, 0.4) is 0 Å². The summed E-state index contributed by atoms with van der Waals surface area (Å²) in [5.74, 6) is 0.877. The molecule has 3 fully saturated rings. The number of benzene rings is 1. The third-order valence-corrected chi connectivity index (χ3v) is 6.35. The molecule has 4 nitrogen and oxygen atoms in total. The maximum atomic E-state index is 12.6. The number of likely N-dealkylation sites (tertiary alicyclic amines) is 2. The first-order valence-corrected chi connectivity index (χ1v) is 9.84. The Morgan fingerprint density at radius 2 is 1.44 bits per heavy atom. The average Bonchev–Trinajstić information content (AvgIpc) is 2.89. The monoisotopic (exact) mass is 340 g/mol. The molecule has 2 amide bonds. The van der Waals surface area contributed by atoms with E-state index in [9.17, 15) is 9.59 Å². The zero-order valence-corrected chi connectivity index (χ0v) is 14.9. The number of hydrogen-bond donors (Lipinski definition) is 0. The van der Waals surface area contributed by atoms with Gasteiger partial charge in [0.1, 0.15) is 0 Å². The molecule has 0 unspecified atom stereocenters. The van der Waals surface area contributed by atoms with E-state index in [0.29, 0.717) is 12.6 Å². The number of carbonyl (C=O) groups excluding carboxylic acids is 2. The van der Waals surface area contributed by atoms with Crippen molar-refractivity contribution in [2.75, 3.05) is 19.8 Å². The quantitative estimate of drug-likeness (QED) is 0.791. The summed E-state index contributed by atoms with van der Waals surface area (Å²) in [6.07, 6.45) is 7.45. The third kappa shape index (κ3) is 3.50. The molecule has 0 aromatic heterocycles. The Labute approximate surface area is 150 Å². The standard InChI is InChI=1S/C21H28N2O2/c24-20-18-8-4-5-9-19(18)21(25)23(20)15-22-12-10-17(11-13-22)14-16-6-2-1-3-7-16/h1-3,6-7,17-19H,4-5,8-15H2/t18-,19-/m1/s1. The molecule has 0 N–H and O–H groups in total. The molecule has 3 aliphatic rings. The highest BCUT2D eigenvalue weighted by Gasteiger charge is 2.48. The molecule has 1 aliphatic carbocycles. The molecule has 2 aliphatic heterocycles. The second kappa shape index (κ2) is 7.28. The second-order valence-corrected chi connectivity index (χ2v) is 7.99. The van der Waals surface area contributed by atoms with Crippen molar-refractivity contribution in [2.24, 2.45) is 17.8 Å². The number of fused-ring (bicyclic) bond motifs is 1. The van der Waals surface area contributed by atoms with Crippen LogP contribution in [0.5, 0.6) is 0 Å². The highest BCUT2D eigenvalue weighted by atomic mass is 16.2. The van der Waals surface area contributed by atoms with Crippen molar-refractivity contribution in [2.45, 2.75) is 44.9 Å². The Morgan fingerprint density at radius 1 is 0.840 bits per heavy atom. The Hall–Kier alpha value is -1.68. The third-order valence-electron chi connectivity index (χ3n) is 6.35. The average molecular weight is 340 g/mol. The van der Waals surface area contributed by atoms with Gasteiger partial charge in [-0.25, -0.2) is 0 Å². The molecule has 0 radical (unpaired) electrons. The fourth-order valence-corrected chi connectivity index (χ4v) is 4.85. The summed E-state index contributed by atoms with van der Waals surface area (Å²) in [6.45, 7) is 2.50. The van der Waals surface area contributed by atoms with Gasteiger partial charge in [-0.2, -0.15) is 0 Å².